The minimum Gasteiger partial charge on any atom is -0.330 e. The van der Waals surface area contributed by atoms with Gasteiger partial charge in [-0.25, -0.2) is 17.9 Å². The molecule has 8 heteroatoms. The number of hydrogen-bond donors (Lipinski definition) is 4. The van der Waals surface area contributed by atoms with Gasteiger partial charge in [0.1, 0.15) is 0 Å². The molecule has 2 aromatic rings. The van der Waals surface area contributed by atoms with E-state index in [9.17, 15) is 13.2 Å². The van der Waals surface area contributed by atoms with E-state index in [1.165, 1.54) is 12.1 Å². The number of imidazole rings is 1. The van der Waals surface area contributed by atoms with Crippen molar-refractivity contribution < 1.29 is 8.42 Å². The van der Waals surface area contributed by atoms with Crippen molar-refractivity contribution in [2.75, 3.05) is 13.1 Å². The van der Waals surface area contributed by atoms with E-state index in [0.29, 0.717) is 30.5 Å². The lowest BCUT2D eigenvalue weighted by Gasteiger charge is -2.05. The number of benzene rings is 1. The quantitative estimate of drug-likeness (QED) is 0.546. The average molecular weight is 270 g/mol. The van der Waals surface area contributed by atoms with Crippen LogP contribution in [0.1, 0.15) is 6.42 Å². The summed E-state index contributed by atoms with van der Waals surface area (Å²) in [7, 11) is -3.56. The van der Waals surface area contributed by atoms with Gasteiger partial charge in [0.25, 0.3) is 0 Å². The van der Waals surface area contributed by atoms with Gasteiger partial charge in [-0.3, -0.25) is 0 Å². The summed E-state index contributed by atoms with van der Waals surface area (Å²) in [6, 6.07) is 4.40. The van der Waals surface area contributed by atoms with E-state index < -0.39 is 10.0 Å². The summed E-state index contributed by atoms with van der Waals surface area (Å²) in [5.41, 5.74) is 5.96. The molecule has 7 nitrogen and oxygen atoms in total. The van der Waals surface area contributed by atoms with Crippen LogP contribution in [-0.2, 0) is 10.0 Å². The van der Waals surface area contributed by atoms with Gasteiger partial charge < -0.3 is 15.7 Å². The molecule has 98 valence electrons. The zero-order valence-corrected chi connectivity index (χ0v) is 10.4. The van der Waals surface area contributed by atoms with E-state index in [1.807, 2.05) is 0 Å². The van der Waals surface area contributed by atoms with Crippen LogP contribution in [-0.4, -0.2) is 31.5 Å². The number of hydrogen-bond acceptors (Lipinski definition) is 4. The fourth-order valence-corrected chi connectivity index (χ4v) is 2.67. The molecule has 0 saturated carbocycles. The standard InChI is InChI=1S/C10H14N4O3S/c11-4-1-5-12-18(16,17)7-2-3-8-9(6-7)14-10(15)13-8/h2-3,6,12H,1,4-5,11H2,(H2,13,14,15). The molecule has 0 aliphatic carbocycles. The van der Waals surface area contributed by atoms with Gasteiger partial charge in [0, 0.05) is 6.54 Å². The second-order valence-electron chi connectivity index (χ2n) is 3.83. The van der Waals surface area contributed by atoms with Gasteiger partial charge >= 0.3 is 5.69 Å². The van der Waals surface area contributed by atoms with Crippen molar-refractivity contribution in [3.05, 3.63) is 28.7 Å². The highest BCUT2D eigenvalue weighted by Gasteiger charge is 2.14. The van der Waals surface area contributed by atoms with Gasteiger partial charge in [0.05, 0.1) is 15.9 Å². The zero-order valence-electron chi connectivity index (χ0n) is 9.56. The molecular weight excluding hydrogens is 256 g/mol. The molecule has 1 heterocycles. The minimum atomic E-state index is -3.56. The van der Waals surface area contributed by atoms with Crippen LogP contribution in [0.5, 0.6) is 0 Å². The number of fused-ring (bicyclic) bond motifs is 1. The van der Waals surface area contributed by atoms with Crippen LogP contribution in [0.4, 0.5) is 0 Å². The zero-order chi connectivity index (χ0) is 13.2. The third-order valence-corrected chi connectivity index (χ3v) is 3.93. The molecule has 2 rings (SSSR count). The van der Waals surface area contributed by atoms with Crippen LogP contribution in [0, 0.1) is 0 Å². The molecule has 1 aromatic carbocycles. The maximum atomic E-state index is 11.9. The van der Waals surface area contributed by atoms with Crippen molar-refractivity contribution in [2.24, 2.45) is 5.73 Å². The first-order chi connectivity index (χ1) is 8.53. The lowest BCUT2D eigenvalue weighted by Crippen LogP contribution is -2.26. The highest BCUT2D eigenvalue weighted by atomic mass is 32.2. The Morgan fingerprint density at radius 1 is 1.22 bits per heavy atom. The summed E-state index contributed by atoms with van der Waals surface area (Å²) in [4.78, 5) is 16.2. The van der Waals surface area contributed by atoms with Crippen LogP contribution in [0.2, 0.25) is 0 Å². The number of aromatic nitrogens is 2. The third-order valence-electron chi connectivity index (χ3n) is 2.47. The Kier molecular flexibility index (Phi) is 3.50. The molecule has 0 radical (unpaired) electrons. The Labute approximate surface area is 103 Å². The number of sulfonamides is 1. The maximum absolute atomic E-state index is 11.9. The van der Waals surface area contributed by atoms with Crippen molar-refractivity contribution >= 4 is 21.1 Å². The van der Waals surface area contributed by atoms with Crippen molar-refractivity contribution in [1.29, 1.82) is 0 Å². The van der Waals surface area contributed by atoms with Crippen LogP contribution in [0.3, 0.4) is 0 Å². The van der Waals surface area contributed by atoms with Crippen molar-refractivity contribution in [3.8, 4) is 0 Å². The predicted octanol–water partition coefficient (Wildman–Crippen LogP) is -0.517. The summed E-state index contributed by atoms with van der Waals surface area (Å²) in [6.45, 7) is 0.715. The van der Waals surface area contributed by atoms with Crippen LogP contribution >= 0.6 is 0 Å². The van der Waals surface area contributed by atoms with E-state index in [0.717, 1.165) is 0 Å². The Balaban J connectivity index is 2.32. The van der Waals surface area contributed by atoms with Gasteiger partial charge in [-0.2, -0.15) is 0 Å². The fourth-order valence-electron chi connectivity index (χ4n) is 1.57. The van der Waals surface area contributed by atoms with Crippen LogP contribution in [0.15, 0.2) is 27.9 Å². The number of aromatic amines is 2. The van der Waals surface area contributed by atoms with Crippen LogP contribution < -0.4 is 16.1 Å². The van der Waals surface area contributed by atoms with Gasteiger partial charge in [0.15, 0.2) is 0 Å². The predicted molar refractivity (Wildman–Crippen MR) is 67.8 cm³/mol. The molecule has 0 bridgehead atoms. The number of rotatable bonds is 5. The fraction of sp³-hybridized carbons (Fsp3) is 0.300. The molecule has 0 atom stereocenters. The SMILES string of the molecule is NCCCNS(=O)(=O)c1ccc2[nH]c(=O)[nH]c2c1. The molecule has 0 aliphatic heterocycles. The third kappa shape index (κ3) is 2.61. The van der Waals surface area contributed by atoms with E-state index in [2.05, 4.69) is 14.7 Å². The molecule has 0 fully saturated rings. The Hall–Kier alpha value is -1.64. The second kappa shape index (κ2) is 4.92. The summed E-state index contributed by atoms with van der Waals surface area (Å²) in [5.74, 6) is 0. The molecule has 0 aliphatic rings. The number of H-pyrrole nitrogens is 2. The van der Waals surface area contributed by atoms with E-state index in [4.69, 9.17) is 5.73 Å². The highest BCUT2D eigenvalue weighted by Crippen LogP contribution is 2.14. The topological polar surface area (TPSA) is 121 Å². The Morgan fingerprint density at radius 2 is 1.94 bits per heavy atom. The minimum absolute atomic E-state index is 0.113. The maximum Gasteiger partial charge on any atom is 0.323 e. The van der Waals surface area contributed by atoms with Crippen molar-refractivity contribution in [2.45, 2.75) is 11.3 Å². The first-order valence-corrected chi connectivity index (χ1v) is 6.93. The summed E-state index contributed by atoms with van der Waals surface area (Å²) in [6.07, 6.45) is 0.572. The largest absolute Gasteiger partial charge is 0.330 e. The molecule has 18 heavy (non-hydrogen) atoms. The van der Waals surface area contributed by atoms with Crippen molar-refractivity contribution in [3.63, 3.8) is 0 Å². The van der Waals surface area contributed by atoms with Gasteiger partial charge in [-0.15, -0.1) is 0 Å². The van der Waals surface area contributed by atoms with E-state index in [-0.39, 0.29) is 10.6 Å². The molecule has 5 N–H and O–H groups in total. The lowest BCUT2D eigenvalue weighted by molar-refractivity contribution is 0.579. The summed E-state index contributed by atoms with van der Waals surface area (Å²) < 4.78 is 26.2. The highest BCUT2D eigenvalue weighted by molar-refractivity contribution is 7.89. The monoisotopic (exact) mass is 270 g/mol. The summed E-state index contributed by atoms with van der Waals surface area (Å²) >= 11 is 0. The molecule has 0 amide bonds. The van der Waals surface area contributed by atoms with Crippen molar-refractivity contribution in [1.82, 2.24) is 14.7 Å². The number of nitrogens with two attached hydrogens (primary N) is 1. The molecule has 0 saturated heterocycles. The first kappa shape index (κ1) is 12.8. The normalized spacial score (nSPS) is 12.1. The summed E-state index contributed by atoms with van der Waals surface area (Å²) in [5, 5.41) is 0. The Bertz CT molecular complexity index is 701. The Morgan fingerprint density at radius 3 is 2.67 bits per heavy atom. The smallest absolute Gasteiger partial charge is 0.323 e. The molecule has 0 spiro atoms. The van der Waals surface area contributed by atoms with Gasteiger partial charge in [0.2, 0.25) is 10.0 Å². The molecular formula is C10H14N4O3S. The van der Waals surface area contributed by atoms with E-state index >= 15 is 0 Å². The second-order valence-corrected chi connectivity index (χ2v) is 5.59. The first-order valence-electron chi connectivity index (χ1n) is 5.45. The number of nitrogens with one attached hydrogen (secondary N) is 3. The van der Waals surface area contributed by atoms with E-state index in [1.54, 1.807) is 6.07 Å². The van der Waals surface area contributed by atoms with Crippen LogP contribution in [0.25, 0.3) is 11.0 Å². The molecule has 0 unspecified atom stereocenters. The average Bonchev–Trinajstić information content (AvgIpc) is 2.68. The molecule has 1 aromatic heterocycles. The van der Waals surface area contributed by atoms with Gasteiger partial charge in [-0.1, -0.05) is 0 Å². The van der Waals surface area contributed by atoms with Gasteiger partial charge in [-0.05, 0) is 31.2 Å². The lowest BCUT2D eigenvalue weighted by atomic mass is 10.3.